The number of allylic oxidation sites excluding steroid dienone is 1. The summed E-state index contributed by atoms with van der Waals surface area (Å²) in [7, 11) is 0. The minimum Gasteiger partial charge on any atom is -0.480 e. The van der Waals surface area contributed by atoms with E-state index in [9.17, 15) is 19.5 Å². The van der Waals surface area contributed by atoms with Gasteiger partial charge in [-0.25, -0.2) is 9.59 Å². The Labute approximate surface area is 199 Å². The van der Waals surface area contributed by atoms with Gasteiger partial charge in [-0.2, -0.15) is 0 Å². The second-order valence-corrected chi connectivity index (χ2v) is 8.97. The second kappa shape index (κ2) is 10.5. The lowest BCUT2D eigenvalue weighted by molar-refractivity contribution is -0.142. The lowest BCUT2D eigenvalue weighted by Crippen LogP contribution is -2.51. The van der Waals surface area contributed by atoms with E-state index in [1.165, 1.54) is 0 Å². The van der Waals surface area contributed by atoms with Crippen LogP contribution in [0.1, 0.15) is 49.1 Å². The number of carbonyl (C=O) groups is 3. The van der Waals surface area contributed by atoms with Crippen LogP contribution in [0.5, 0.6) is 0 Å². The number of carbonyl (C=O) groups excluding carboxylic acids is 2. The van der Waals surface area contributed by atoms with Gasteiger partial charge in [0.2, 0.25) is 5.91 Å². The van der Waals surface area contributed by atoms with Crippen molar-refractivity contribution >= 4 is 18.0 Å². The standard InChI is InChI=1S/C27H30N2O5/c1-2-3-12-23(25(30)28-24(26(31)32)15-17-13-14-17)29-27(33)34-16-22-20-10-6-4-8-18(20)19-9-5-7-11-21(19)22/h2,4-11,17,22-24H,1,3,12-16H2,(H,28,30)(H,29,33)(H,31,32)/t23?,24-/m0/s1. The van der Waals surface area contributed by atoms with Crippen molar-refractivity contribution in [3.8, 4) is 11.1 Å². The zero-order valence-corrected chi connectivity index (χ0v) is 19.0. The number of hydrogen-bond acceptors (Lipinski definition) is 4. The molecule has 2 aromatic rings. The van der Waals surface area contributed by atoms with Crippen molar-refractivity contribution < 1.29 is 24.2 Å². The second-order valence-electron chi connectivity index (χ2n) is 8.97. The molecule has 7 heteroatoms. The van der Waals surface area contributed by atoms with Gasteiger partial charge >= 0.3 is 12.1 Å². The van der Waals surface area contributed by atoms with Gasteiger partial charge in [0.05, 0.1) is 0 Å². The minimum atomic E-state index is -1.07. The number of ether oxygens (including phenoxy) is 1. The lowest BCUT2D eigenvalue weighted by Gasteiger charge is -2.21. The molecule has 0 spiro atoms. The van der Waals surface area contributed by atoms with Crippen LogP contribution < -0.4 is 10.6 Å². The summed E-state index contributed by atoms with van der Waals surface area (Å²) in [6, 6.07) is 14.2. The highest BCUT2D eigenvalue weighted by molar-refractivity contribution is 5.89. The number of amides is 2. The number of carboxylic acid groups (broad SMARTS) is 1. The Morgan fingerprint density at radius 3 is 2.18 bits per heavy atom. The fraction of sp³-hybridized carbons (Fsp3) is 0.370. The van der Waals surface area contributed by atoms with Gasteiger partial charge in [-0.05, 0) is 47.4 Å². The fourth-order valence-electron chi connectivity index (χ4n) is 4.52. The predicted molar refractivity (Wildman–Crippen MR) is 128 cm³/mol. The van der Waals surface area contributed by atoms with Crippen LogP contribution in [0.4, 0.5) is 4.79 Å². The molecule has 178 valence electrons. The number of alkyl carbamates (subject to hydrolysis) is 1. The van der Waals surface area contributed by atoms with E-state index >= 15 is 0 Å². The third-order valence-corrected chi connectivity index (χ3v) is 6.49. The summed E-state index contributed by atoms with van der Waals surface area (Å²) >= 11 is 0. The Morgan fingerprint density at radius 2 is 1.62 bits per heavy atom. The molecule has 0 aromatic heterocycles. The molecular weight excluding hydrogens is 432 g/mol. The molecule has 2 amide bonds. The zero-order chi connectivity index (χ0) is 24.1. The van der Waals surface area contributed by atoms with Crippen LogP contribution in [0.3, 0.4) is 0 Å². The fourth-order valence-corrected chi connectivity index (χ4v) is 4.52. The molecule has 2 aliphatic carbocycles. The molecule has 0 bridgehead atoms. The molecule has 34 heavy (non-hydrogen) atoms. The van der Waals surface area contributed by atoms with Crippen LogP contribution in [-0.2, 0) is 14.3 Å². The SMILES string of the molecule is C=CCCC(NC(=O)OCC1c2ccccc2-c2ccccc21)C(=O)N[C@@H](CC1CC1)C(=O)O. The average molecular weight is 463 g/mol. The molecule has 1 unspecified atom stereocenters. The first-order valence-electron chi connectivity index (χ1n) is 11.7. The van der Waals surface area contributed by atoms with Crippen molar-refractivity contribution in [3.05, 3.63) is 72.3 Å². The summed E-state index contributed by atoms with van der Waals surface area (Å²) < 4.78 is 5.56. The summed E-state index contributed by atoms with van der Waals surface area (Å²) in [6.45, 7) is 3.80. The number of hydrogen-bond donors (Lipinski definition) is 3. The molecule has 0 heterocycles. The summed E-state index contributed by atoms with van der Waals surface area (Å²) in [5, 5.41) is 14.7. The van der Waals surface area contributed by atoms with Crippen LogP contribution in [0, 0.1) is 5.92 Å². The van der Waals surface area contributed by atoms with E-state index in [0.29, 0.717) is 25.2 Å². The van der Waals surface area contributed by atoms with Gasteiger partial charge in [0.15, 0.2) is 0 Å². The first kappa shape index (κ1) is 23.5. The smallest absolute Gasteiger partial charge is 0.407 e. The molecule has 4 rings (SSSR count). The lowest BCUT2D eigenvalue weighted by atomic mass is 9.98. The number of benzene rings is 2. The van der Waals surface area contributed by atoms with Gasteiger partial charge in [-0.1, -0.05) is 67.4 Å². The Balaban J connectivity index is 1.39. The van der Waals surface area contributed by atoms with E-state index in [4.69, 9.17) is 4.74 Å². The molecule has 7 nitrogen and oxygen atoms in total. The van der Waals surface area contributed by atoms with Gasteiger partial charge in [0, 0.05) is 5.92 Å². The van der Waals surface area contributed by atoms with Crippen LogP contribution in [-0.4, -0.2) is 41.8 Å². The largest absolute Gasteiger partial charge is 0.480 e. The van der Waals surface area contributed by atoms with E-state index in [1.54, 1.807) is 6.08 Å². The molecule has 2 atom stereocenters. The van der Waals surface area contributed by atoms with Crippen LogP contribution >= 0.6 is 0 Å². The van der Waals surface area contributed by atoms with Gasteiger partial charge in [-0.3, -0.25) is 4.79 Å². The Hall–Kier alpha value is -3.61. The van der Waals surface area contributed by atoms with E-state index in [1.807, 2.05) is 36.4 Å². The Kier molecular flexibility index (Phi) is 7.30. The monoisotopic (exact) mass is 462 g/mol. The summed E-state index contributed by atoms with van der Waals surface area (Å²) in [6.07, 6.45) is 4.10. The van der Waals surface area contributed by atoms with Gasteiger partial charge in [0.25, 0.3) is 0 Å². The normalized spacial score (nSPS) is 16.0. The van der Waals surface area contributed by atoms with E-state index in [-0.39, 0.29) is 12.5 Å². The van der Waals surface area contributed by atoms with E-state index in [0.717, 1.165) is 35.1 Å². The van der Waals surface area contributed by atoms with Crippen molar-refractivity contribution in [2.45, 2.75) is 50.1 Å². The predicted octanol–water partition coefficient (Wildman–Crippen LogP) is 4.23. The van der Waals surface area contributed by atoms with E-state index < -0.39 is 30.1 Å². The van der Waals surface area contributed by atoms with Crippen molar-refractivity contribution in [2.24, 2.45) is 5.92 Å². The molecule has 1 fully saturated rings. The maximum atomic E-state index is 12.8. The number of carboxylic acids is 1. The number of nitrogens with one attached hydrogen (secondary N) is 2. The molecular formula is C27H30N2O5. The van der Waals surface area contributed by atoms with Crippen molar-refractivity contribution in [1.29, 1.82) is 0 Å². The Morgan fingerprint density at radius 1 is 1.00 bits per heavy atom. The summed E-state index contributed by atoms with van der Waals surface area (Å²) in [5.74, 6) is -1.34. The maximum absolute atomic E-state index is 12.8. The molecule has 0 saturated heterocycles. The van der Waals surface area contributed by atoms with Crippen LogP contribution in [0.15, 0.2) is 61.2 Å². The van der Waals surface area contributed by atoms with Crippen LogP contribution in [0.2, 0.25) is 0 Å². The highest BCUT2D eigenvalue weighted by Crippen LogP contribution is 2.44. The van der Waals surface area contributed by atoms with Crippen molar-refractivity contribution in [2.75, 3.05) is 6.61 Å². The van der Waals surface area contributed by atoms with Crippen molar-refractivity contribution in [1.82, 2.24) is 10.6 Å². The molecule has 0 aliphatic heterocycles. The third-order valence-electron chi connectivity index (χ3n) is 6.49. The minimum absolute atomic E-state index is 0.0893. The van der Waals surface area contributed by atoms with Crippen LogP contribution in [0.25, 0.3) is 11.1 Å². The highest BCUT2D eigenvalue weighted by Gasteiger charge is 2.33. The third kappa shape index (κ3) is 5.47. The first-order valence-corrected chi connectivity index (χ1v) is 11.7. The van der Waals surface area contributed by atoms with E-state index in [2.05, 4.69) is 29.3 Å². The quantitative estimate of drug-likeness (QED) is 0.434. The summed E-state index contributed by atoms with van der Waals surface area (Å²) in [5.41, 5.74) is 4.46. The highest BCUT2D eigenvalue weighted by atomic mass is 16.5. The molecule has 0 radical (unpaired) electrons. The molecule has 2 aliphatic rings. The maximum Gasteiger partial charge on any atom is 0.407 e. The average Bonchev–Trinajstić information content (AvgIpc) is 3.60. The molecule has 2 aromatic carbocycles. The first-order chi connectivity index (χ1) is 16.5. The van der Waals surface area contributed by atoms with Gasteiger partial charge < -0.3 is 20.5 Å². The number of aliphatic carboxylic acids is 1. The Bertz CT molecular complexity index is 1030. The number of rotatable bonds is 11. The van der Waals surface area contributed by atoms with Crippen molar-refractivity contribution in [3.63, 3.8) is 0 Å². The number of fused-ring (bicyclic) bond motifs is 3. The molecule has 1 saturated carbocycles. The van der Waals surface area contributed by atoms with Gasteiger partial charge in [-0.15, -0.1) is 6.58 Å². The zero-order valence-electron chi connectivity index (χ0n) is 19.0. The van der Waals surface area contributed by atoms with Gasteiger partial charge in [0.1, 0.15) is 18.7 Å². The topological polar surface area (TPSA) is 105 Å². The summed E-state index contributed by atoms with van der Waals surface area (Å²) in [4.78, 5) is 37.0. The molecule has 3 N–H and O–H groups in total.